The van der Waals surface area contributed by atoms with Crippen LogP contribution in [-0.4, -0.2) is 48.3 Å². The van der Waals surface area contributed by atoms with Crippen LogP contribution in [-0.2, 0) is 28.3 Å². The molecule has 0 spiro atoms. The van der Waals surface area contributed by atoms with Gasteiger partial charge in [-0.15, -0.1) is 0 Å². The maximum atomic E-state index is 12.6. The number of hydrogen-bond acceptors (Lipinski definition) is 6. The summed E-state index contributed by atoms with van der Waals surface area (Å²) >= 11 is 0. The average Bonchev–Trinajstić information content (AvgIpc) is 2.78. The van der Waals surface area contributed by atoms with E-state index < -0.39 is 36.6 Å². The Bertz CT molecular complexity index is 1030. The molecule has 0 aromatic heterocycles. The first-order valence-corrected chi connectivity index (χ1v) is 15.4. The first-order chi connectivity index (χ1) is 15.9. The third-order valence-electron chi connectivity index (χ3n) is 6.78. The maximum Gasteiger partial charge on any atom is 0.308 e. The van der Waals surface area contributed by atoms with Gasteiger partial charge in [0.2, 0.25) is 0 Å². The highest BCUT2D eigenvalue weighted by Gasteiger charge is 2.54. The molecular weight excluding hydrogens is 468 g/mol. The van der Waals surface area contributed by atoms with Crippen LogP contribution < -0.4 is 10.4 Å². The lowest BCUT2D eigenvalue weighted by molar-refractivity contribution is -0.150. The van der Waals surface area contributed by atoms with Crippen LogP contribution >= 0.6 is 0 Å². The molecule has 8 heteroatoms. The van der Waals surface area contributed by atoms with Crippen LogP contribution in [0, 0.1) is 11.8 Å². The van der Waals surface area contributed by atoms with Gasteiger partial charge in [-0.2, -0.15) is 8.42 Å². The minimum Gasteiger partial charge on any atom is -0.469 e. The van der Waals surface area contributed by atoms with Crippen molar-refractivity contribution in [2.45, 2.75) is 57.8 Å². The van der Waals surface area contributed by atoms with Gasteiger partial charge in [0.1, 0.15) is 0 Å². The number of ether oxygens (including phenoxy) is 1. The Morgan fingerprint density at radius 2 is 1.38 bits per heavy atom. The monoisotopic (exact) mass is 504 g/mol. The van der Waals surface area contributed by atoms with Crippen molar-refractivity contribution in [3.63, 3.8) is 0 Å². The fourth-order valence-electron chi connectivity index (χ4n) is 5.11. The molecule has 0 unspecified atom stereocenters. The number of carbonyl (C=O) groups is 1. The van der Waals surface area contributed by atoms with Crippen LogP contribution in [0.1, 0.15) is 40.5 Å². The molecule has 4 atom stereocenters. The molecule has 0 saturated heterocycles. The van der Waals surface area contributed by atoms with Gasteiger partial charge in [0.25, 0.3) is 18.4 Å². The van der Waals surface area contributed by atoms with E-state index in [0.29, 0.717) is 6.42 Å². The molecule has 186 valence electrons. The van der Waals surface area contributed by atoms with E-state index in [2.05, 4.69) is 45.0 Å². The molecule has 0 aliphatic heterocycles. The molecule has 0 heterocycles. The summed E-state index contributed by atoms with van der Waals surface area (Å²) in [6.45, 7) is 8.52. The Morgan fingerprint density at radius 3 is 1.79 bits per heavy atom. The topological polar surface area (TPSA) is 78.9 Å². The van der Waals surface area contributed by atoms with E-state index in [1.807, 2.05) is 43.3 Å². The highest BCUT2D eigenvalue weighted by molar-refractivity contribution is 7.86. The van der Waals surface area contributed by atoms with Gasteiger partial charge in [-0.3, -0.25) is 8.98 Å². The van der Waals surface area contributed by atoms with Crippen LogP contribution in [0.3, 0.4) is 0 Å². The van der Waals surface area contributed by atoms with E-state index in [0.717, 1.165) is 16.6 Å². The highest BCUT2D eigenvalue weighted by Crippen LogP contribution is 2.42. The van der Waals surface area contributed by atoms with Crippen LogP contribution in [0.5, 0.6) is 0 Å². The Hall–Kier alpha value is -2.00. The molecule has 1 aliphatic carbocycles. The van der Waals surface area contributed by atoms with E-state index in [1.165, 1.54) is 7.11 Å². The second-order valence-corrected chi connectivity index (χ2v) is 16.1. The van der Waals surface area contributed by atoms with Gasteiger partial charge in [-0.25, -0.2) is 0 Å². The SMILES string of the molecule is COC(=O)[C@@H]1C[C@H](O[Si](c2ccccc2)(c2ccccc2)C(C)(C)C)[C@H](C)[C@@H](OS(C)(=O)=O)C1. The smallest absolute Gasteiger partial charge is 0.308 e. The third-order valence-corrected chi connectivity index (χ3v) is 12.4. The molecule has 3 rings (SSSR count). The molecule has 1 saturated carbocycles. The second-order valence-electron chi connectivity index (χ2n) is 10.2. The van der Waals surface area contributed by atoms with Crippen LogP contribution in [0.4, 0.5) is 0 Å². The summed E-state index contributed by atoms with van der Waals surface area (Å²) in [7, 11) is -5.26. The molecule has 2 aromatic carbocycles. The normalized spacial score (nSPS) is 23.9. The standard InChI is InChI=1S/C26H36O6SSi/c1-19-23(31-33(6,28)29)17-20(25(27)30-5)18-24(19)32-34(26(2,3)4,21-13-9-7-10-14-21)22-15-11-8-12-16-22/h7-16,19-20,23-24H,17-18H2,1-6H3/t19-,20+,23+,24+/m1/s1. The molecule has 1 aliphatic rings. The molecule has 0 radical (unpaired) electrons. The van der Waals surface area contributed by atoms with E-state index >= 15 is 0 Å². The van der Waals surface area contributed by atoms with Crippen molar-refractivity contribution >= 4 is 34.8 Å². The summed E-state index contributed by atoms with van der Waals surface area (Å²) in [5.74, 6) is -1.11. The minimum atomic E-state index is -3.71. The molecule has 6 nitrogen and oxygen atoms in total. The first kappa shape index (κ1) is 26.6. The van der Waals surface area contributed by atoms with Crippen molar-refractivity contribution in [3.8, 4) is 0 Å². The van der Waals surface area contributed by atoms with Gasteiger partial charge in [0.05, 0.1) is 31.5 Å². The summed E-state index contributed by atoms with van der Waals surface area (Å²) in [5, 5.41) is 2.00. The van der Waals surface area contributed by atoms with Crippen molar-refractivity contribution < 1.29 is 26.6 Å². The Kier molecular flexibility index (Phi) is 8.07. The zero-order chi connectivity index (χ0) is 25.1. The maximum absolute atomic E-state index is 12.6. The van der Waals surface area contributed by atoms with Crippen molar-refractivity contribution in [2.75, 3.05) is 13.4 Å². The van der Waals surface area contributed by atoms with Gasteiger partial charge >= 0.3 is 5.97 Å². The van der Waals surface area contributed by atoms with E-state index in [9.17, 15) is 13.2 Å². The van der Waals surface area contributed by atoms with Crippen molar-refractivity contribution in [1.29, 1.82) is 0 Å². The van der Waals surface area contributed by atoms with Crippen LogP contribution in [0.25, 0.3) is 0 Å². The van der Waals surface area contributed by atoms with Crippen molar-refractivity contribution in [3.05, 3.63) is 60.7 Å². The molecule has 0 bridgehead atoms. The first-order valence-electron chi connectivity index (χ1n) is 11.6. The molecular formula is C26H36O6SSi. The van der Waals surface area contributed by atoms with Gasteiger partial charge in [-0.1, -0.05) is 88.4 Å². The quantitative estimate of drug-likeness (QED) is 0.326. The largest absolute Gasteiger partial charge is 0.469 e. The fraction of sp³-hybridized carbons (Fsp3) is 0.500. The zero-order valence-corrected chi connectivity index (χ0v) is 22.7. The Morgan fingerprint density at radius 1 is 0.912 bits per heavy atom. The van der Waals surface area contributed by atoms with E-state index in [4.69, 9.17) is 13.3 Å². The van der Waals surface area contributed by atoms with E-state index in [-0.39, 0.29) is 23.3 Å². The summed E-state index contributed by atoms with van der Waals surface area (Å²) < 4.78 is 41.8. The summed E-state index contributed by atoms with van der Waals surface area (Å²) in [5.41, 5.74) is 0. The Balaban J connectivity index is 2.14. The summed E-state index contributed by atoms with van der Waals surface area (Å²) in [6.07, 6.45) is 0.704. The number of rotatable bonds is 7. The van der Waals surface area contributed by atoms with Crippen molar-refractivity contribution in [2.24, 2.45) is 11.8 Å². The van der Waals surface area contributed by atoms with Gasteiger partial charge in [0, 0.05) is 5.92 Å². The van der Waals surface area contributed by atoms with E-state index in [1.54, 1.807) is 0 Å². The van der Waals surface area contributed by atoms with Crippen LogP contribution in [0.15, 0.2) is 60.7 Å². The fourth-order valence-corrected chi connectivity index (χ4v) is 10.6. The lowest BCUT2D eigenvalue weighted by atomic mass is 9.79. The molecule has 0 amide bonds. The summed E-state index contributed by atoms with van der Waals surface area (Å²) in [6, 6.07) is 20.5. The number of carbonyl (C=O) groups excluding carboxylic acids is 1. The predicted octanol–water partition coefficient (Wildman–Crippen LogP) is 3.50. The number of esters is 1. The average molecular weight is 505 g/mol. The van der Waals surface area contributed by atoms with Gasteiger partial charge < -0.3 is 9.16 Å². The number of hydrogen-bond donors (Lipinski definition) is 0. The predicted molar refractivity (Wildman–Crippen MR) is 136 cm³/mol. The number of benzene rings is 2. The minimum absolute atomic E-state index is 0.239. The third kappa shape index (κ3) is 5.62. The number of methoxy groups -OCH3 is 1. The highest BCUT2D eigenvalue weighted by atomic mass is 32.2. The van der Waals surface area contributed by atoms with Gasteiger partial charge in [0.15, 0.2) is 0 Å². The summed E-state index contributed by atoms with van der Waals surface area (Å²) in [4.78, 5) is 12.6. The van der Waals surface area contributed by atoms with Crippen molar-refractivity contribution in [1.82, 2.24) is 0 Å². The molecule has 1 fully saturated rings. The van der Waals surface area contributed by atoms with Gasteiger partial charge in [-0.05, 0) is 28.3 Å². The lowest BCUT2D eigenvalue weighted by Gasteiger charge is -2.48. The molecule has 34 heavy (non-hydrogen) atoms. The molecule has 0 N–H and O–H groups in total. The van der Waals surface area contributed by atoms with Crippen LogP contribution in [0.2, 0.25) is 5.04 Å². The lowest BCUT2D eigenvalue weighted by Crippen LogP contribution is -2.68. The second kappa shape index (κ2) is 10.3. The zero-order valence-electron chi connectivity index (χ0n) is 20.9. The Labute approximate surface area is 204 Å². The molecule has 2 aromatic rings.